The molecule has 6 nitrogen and oxygen atoms in total. The number of benzene rings is 2. The van der Waals surface area contributed by atoms with Gasteiger partial charge >= 0.3 is 6.03 Å². The lowest BCUT2D eigenvalue weighted by Gasteiger charge is -2.10. The molecule has 0 spiro atoms. The van der Waals surface area contributed by atoms with E-state index in [-0.39, 0.29) is 12.5 Å². The van der Waals surface area contributed by atoms with E-state index in [1.165, 1.54) is 0 Å². The minimum atomic E-state index is -0.417. The molecule has 7 heteroatoms. The molecule has 0 heterocycles. The van der Waals surface area contributed by atoms with Crippen LogP contribution in [0.25, 0.3) is 0 Å². The molecule has 0 aromatic heterocycles. The summed E-state index contributed by atoms with van der Waals surface area (Å²) < 4.78 is 5.90. The molecule has 3 amide bonds. The van der Waals surface area contributed by atoms with Crippen molar-refractivity contribution in [2.45, 2.75) is 6.54 Å². The van der Waals surface area contributed by atoms with Crippen molar-refractivity contribution < 1.29 is 14.3 Å². The molecule has 2 aromatic rings. The van der Waals surface area contributed by atoms with E-state index in [9.17, 15) is 9.59 Å². The summed E-state index contributed by atoms with van der Waals surface area (Å²) in [7, 11) is 1.59. The van der Waals surface area contributed by atoms with Gasteiger partial charge in [-0.1, -0.05) is 24.3 Å². The zero-order valence-electron chi connectivity index (χ0n) is 13.1. The van der Waals surface area contributed by atoms with Gasteiger partial charge in [0.25, 0.3) is 0 Å². The summed E-state index contributed by atoms with van der Waals surface area (Å²) in [4.78, 5) is 23.6. The van der Waals surface area contributed by atoms with Gasteiger partial charge < -0.3 is 20.7 Å². The Morgan fingerprint density at radius 3 is 2.62 bits per heavy atom. The molecule has 0 atom stereocenters. The first-order chi connectivity index (χ1) is 11.6. The van der Waals surface area contributed by atoms with Gasteiger partial charge in [0.05, 0.1) is 19.3 Å². The summed E-state index contributed by atoms with van der Waals surface area (Å²) in [5.41, 5.74) is 1.56. The van der Waals surface area contributed by atoms with E-state index in [1.807, 2.05) is 42.5 Å². The number of para-hydroxylation sites is 1. The summed E-state index contributed by atoms with van der Waals surface area (Å²) in [5.74, 6) is 0.418. The third-order valence-electron chi connectivity index (χ3n) is 3.14. The fraction of sp³-hybridized carbons (Fsp3) is 0.176. The Bertz CT molecular complexity index is 722. The lowest BCUT2D eigenvalue weighted by molar-refractivity contribution is -0.115. The molecule has 24 heavy (non-hydrogen) atoms. The molecule has 2 rings (SSSR count). The van der Waals surface area contributed by atoms with Crippen LogP contribution >= 0.6 is 15.9 Å². The number of nitrogens with one attached hydrogen (secondary N) is 3. The summed E-state index contributed by atoms with van der Waals surface area (Å²) in [6.07, 6.45) is 0. The Labute approximate surface area is 148 Å². The van der Waals surface area contributed by atoms with Crippen LogP contribution in [0.2, 0.25) is 0 Å². The van der Waals surface area contributed by atoms with Crippen molar-refractivity contribution >= 4 is 33.6 Å². The first-order valence-electron chi connectivity index (χ1n) is 7.27. The molecule has 0 fully saturated rings. The molecule has 126 valence electrons. The maximum absolute atomic E-state index is 11.8. The number of halogens is 1. The fourth-order valence-electron chi connectivity index (χ4n) is 1.94. The van der Waals surface area contributed by atoms with Crippen molar-refractivity contribution in [1.82, 2.24) is 10.6 Å². The maximum Gasteiger partial charge on any atom is 0.315 e. The highest BCUT2D eigenvalue weighted by atomic mass is 79.9. The Morgan fingerprint density at radius 1 is 1.08 bits per heavy atom. The van der Waals surface area contributed by atoms with Crippen LogP contribution in [0.1, 0.15) is 5.56 Å². The van der Waals surface area contributed by atoms with Crippen molar-refractivity contribution in [2.24, 2.45) is 0 Å². The maximum atomic E-state index is 11.8. The van der Waals surface area contributed by atoms with E-state index in [1.54, 1.807) is 13.2 Å². The number of amides is 3. The van der Waals surface area contributed by atoms with Crippen molar-refractivity contribution in [2.75, 3.05) is 19.0 Å². The van der Waals surface area contributed by atoms with Gasteiger partial charge in [-0.15, -0.1) is 0 Å². The van der Waals surface area contributed by atoms with Crippen LogP contribution < -0.4 is 20.7 Å². The minimum Gasteiger partial charge on any atom is -0.497 e. The van der Waals surface area contributed by atoms with Crippen LogP contribution in [0, 0.1) is 0 Å². The average Bonchev–Trinajstić information content (AvgIpc) is 2.60. The standard InChI is InChI=1S/C17H18BrN3O3/c1-24-13-6-4-5-12(9-13)10-19-17(23)20-11-16(22)21-15-8-3-2-7-14(15)18/h2-9H,10-11H2,1H3,(H,21,22)(H2,19,20,23). The van der Waals surface area contributed by atoms with Gasteiger partial charge in [-0.2, -0.15) is 0 Å². The van der Waals surface area contributed by atoms with Crippen LogP contribution in [-0.4, -0.2) is 25.6 Å². The number of urea groups is 1. The zero-order valence-corrected chi connectivity index (χ0v) is 14.7. The van der Waals surface area contributed by atoms with E-state index in [2.05, 4.69) is 31.9 Å². The molecule has 0 saturated heterocycles. The fourth-order valence-corrected chi connectivity index (χ4v) is 2.33. The lowest BCUT2D eigenvalue weighted by atomic mass is 10.2. The molecule has 0 unspecified atom stereocenters. The second-order valence-electron chi connectivity index (χ2n) is 4.92. The number of carbonyl (C=O) groups is 2. The number of hydrogen-bond acceptors (Lipinski definition) is 3. The minimum absolute atomic E-state index is 0.120. The molecule has 0 aliphatic rings. The van der Waals surface area contributed by atoms with Crippen LogP contribution in [0.15, 0.2) is 53.0 Å². The molecular weight excluding hydrogens is 374 g/mol. The second kappa shape index (κ2) is 8.93. The van der Waals surface area contributed by atoms with Gasteiger partial charge in [0.2, 0.25) is 5.91 Å². The van der Waals surface area contributed by atoms with Crippen LogP contribution in [0.5, 0.6) is 5.75 Å². The van der Waals surface area contributed by atoms with Crippen molar-refractivity contribution in [1.29, 1.82) is 0 Å². The van der Waals surface area contributed by atoms with E-state index in [0.717, 1.165) is 15.8 Å². The van der Waals surface area contributed by atoms with Crippen LogP contribution in [-0.2, 0) is 11.3 Å². The number of methoxy groups -OCH3 is 1. The van der Waals surface area contributed by atoms with Crippen LogP contribution in [0.4, 0.5) is 10.5 Å². The Morgan fingerprint density at radius 2 is 1.88 bits per heavy atom. The summed E-state index contributed by atoms with van der Waals surface area (Å²) in [5, 5.41) is 7.91. The summed E-state index contributed by atoms with van der Waals surface area (Å²) >= 11 is 3.34. The number of carbonyl (C=O) groups excluding carboxylic acids is 2. The van der Waals surface area contributed by atoms with Gasteiger partial charge in [-0.25, -0.2) is 4.79 Å². The SMILES string of the molecule is COc1cccc(CNC(=O)NCC(=O)Nc2ccccc2Br)c1. The number of ether oxygens (including phenoxy) is 1. The lowest BCUT2D eigenvalue weighted by Crippen LogP contribution is -2.39. The van der Waals surface area contributed by atoms with Crippen molar-refractivity contribution in [3.8, 4) is 5.75 Å². The van der Waals surface area contributed by atoms with Gasteiger partial charge in [-0.05, 0) is 45.8 Å². The summed E-state index contributed by atoms with van der Waals surface area (Å²) in [6.45, 7) is 0.222. The van der Waals surface area contributed by atoms with E-state index in [4.69, 9.17) is 4.74 Å². The number of hydrogen-bond donors (Lipinski definition) is 3. The van der Waals surface area contributed by atoms with Crippen molar-refractivity contribution in [3.63, 3.8) is 0 Å². The van der Waals surface area contributed by atoms with E-state index < -0.39 is 6.03 Å². The van der Waals surface area contributed by atoms with Gasteiger partial charge in [0, 0.05) is 11.0 Å². The molecule has 0 radical (unpaired) electrons. The molecule has 3 N–H and O–H groups in total. The van der Waals surface area contributed by atoms with Crippen molar-refractivity contribution in [3.05, 3.63) is 58.6 Å². The molecule has 0 bridgehead atoms. The van der Waals surface area contributed by atoms with E-state index in [0.29, 0.717) is 12.2 Å². The predicted molar refractivity (Wildman–Crippen MR) is 96.0 cm³/mol. The van der Waals surface area contributed by atoms with Gasteiger partial charge in [0.1, 0.15) is 5.75 Å². The topological polar surface area (TPSA) is 79.5 Å². The highest BCUT2D eigenvalue weighted by molar-refractivity contribution is 9.10. The molecule has 2 aromatic carbocycles. The third kappa shape index (κ3) is 5.58. The third-order valence-corrected chi connectivity index (χ3v) is 3.84. The van der Waals surface area contributed by atoms with Gasteiger partial charge in [0.15, 0.2) is 0 Å². The predicted octanol–water partition coefficient (Wildman–Crippen LogP) is 2.90. The second-order valence-corrected chi connectivity index (χ2v) is 5.77. The average molecular weight is 392 g/mol. The van der Waals surface area contributed by atoms with E-state index >= 15 is 0 Å². The smallest absolute Gasteiger partial charge is 0.315 e. The first kappa shape index (κ1) is 17.8. The zero-order chi connectivity index (χ0) is 17.4. The van der Waals surface area contributed by atoms with Gasteiger partial charge in [-0.3, -0.25) is 4.79 Å². The Hall–Kier alpha value is -2.54. The molecular formula is C17H18BrN3O3. The highest BCUT2D eigenvalue weighted by Gasteiger charge is 2.07. The van der Waals surface area contributed by atoms with Crippen LogP contribution in [0.3, 0.4) is 0 Å². The highest BCUT2D eigenvalue weighted by Crippen LogP contribution is 2.20. The number of anilines is 1. The number of rotatable bonds is 6. The Kier molecular flexibility index (Phi) is 6.62. The monoisotopic (exact) mass is 391 g/mol. The normalized spacial score (nSPS) is 9.92. The first-order valence-corrected chi connectivity index (χ1v) is 8.07. The largest absolute Gasteiger partial charge is 0.497 e. The molecule has 0 aliphatic heterocycles. The Balaban J connectivity index is 1.74. The quantitative estimate of drug-likeness (QED) is 0.708. The molecule has 0 aliphatic carbocycles. The summed E-state index contributed by atoms with van der Waals surface area (Å²) in [6, 6.07) is 14.2. The molecule has 0 saturated carbocycles.